The van der Waals surface area contributed by atoms with Crippen LogP contribution in [0, 0.1) is 5.92 Å². The fourth-order valence-corrected chi connectivity index (χ4v) is 3.66. The smallest absolute Gasteiger partial charge is 0.337 e. The molecule has 0 radical (unpaired) electrons. The summed E-state index contributed by atoms with van der Waals surface area (Å²) in [5.41, 5.74) is 8.14. The lowest BCUT2D eigenvalue weighted by Crippen LogP contribution is -2.30. The molecule has 7 heteroatoms. The Hall–Kier alpha value is -2.57. The third-order valence-corrected chi connectivity index (χ3v) is 5.18. The Kier molecular flexibility index (Phi) is 9.15. The van der Waals surface area contributed by atoms with Crippen molar-refractivity contribution in [2.75, 3.05) is 33.4 Å². The van der Waals surface area contributed by atoms with Crippen molar-refractivity contribution in [3.8, 4) is 5.75 Å². The fourth-order valence-electron chi connectivity index (χ4n) is 3.66. The van der Waals surface area contributed by atoms with Crippen molar-refractivity contribution < 1.29 is 19.1 Å². The molecule has 1 aliphatic rings. The number of rotatable bonds is 8. The van der Waals surface area contributed by atoms with E-state index in [4.69, 9.17) is 15.2 Å². The number of amides is 1. The quantitative estimate of drug-likeness (QED) is 0.648. The summed E-state index contributed by atoms with van der Waals surface area (Å²) in [5.74, 6) is 0.994. The van der Waals surface area contributed by atoms with Crippen LogP contribution >= 0.6 is 12.4 Å². The van der Waals surface area contributed by atoms with E-state index < -0.39 is 0 Å². The molecule has 1 aliphatic heterocycles. The number of benzene rings is 2. The lowest BCUT2D eigenvalue weighted by Gasteiger charge is -2.17. The van der Waals surface area contributed by atoms with E-state index in [2.05, 4.69) is 0 Å². The molecular weight excluding hydrogens is 404 g/mol. The summed E-state index contributed by atoms with van der Waals surface area (Å²) in [5, 5.41) is 0. The Balaban J connectivity index is 0.00000320. The normalized spacial score (nSPS) is 15.4. The van der Waals surface area contributed by atoms with E-state index in [0.717, 1.165) is 37.2 Å². The fraction of sp³-hybridized carbons (Fsp3) is 0.391. The number of hydrogen-bond donors (Lipinski definition) is 1. The lowest BCUT2D eigenvalue weighted by molar-refractivity contribution is -0.129. The molecule has 2 aromatic rings. The summed E-state index contributed by atoms with van der Waals surface area (Å²) < 4.78 is 10.3. The first-order chi connectivity index (χ1) is 14.1. The monoisotopic (exact) mass is 432 g/mol. The molecule has 162 valence electrons. The topological polar surface area (TPSA) is 81.9 Å². The average molecular weight is 433 g/mol. The molecule has 2 aromatic carbocycles. The zero-order valence-electron chi connectivity index (χ0n) is 17.2. The number of halogens is 1. The van der Waals surface area contributed by atoms with Crippen LogP contribution in [0.3, 0.4) is 0 Å². The van der Waals surface area contributed by atoms with E-state index in [-0.39, 0.29) is 24.3 Å². The van der Waals surface area contributed by atoms with Gasteiger partial charge in [0.05, 0.1) is 19.1 Å². The highest BCUT2D eigenvalue weighted by molar-refractivity contribution is 5.89. The molecule has 1 saturated heterocycles. The van der Waals surface area contributed by atoms with Gasteiger partial charge in [0.25, 0.3) is 0 Å². The van der Waals surface area contributed by atoms with Crippen LogP contribution in [0.2, 0.25) is 0 Å². The Morgan fingerprint density at radius 3 is 2.60 bits per heavy atom. The molecule has 0 aromatic heterocycles. The summed E-state index contributed by atoms with van der Waals surface area (Å²) in [4.78, 5) is 26.2. The van der Waals surface area contributed by atoms with Crippen molar-refractivity contribution in [2.45, 2.75) is 19.3 Å². The van der Waals surface area contributed by atoms with Gasteiger partial charge in [-0.25, -0.2) is 4.79 Å². The van der Waals surface area contributed by atoms with E-state index in [1.165, 1.54) is 12.7 Å². The van der Waals surface area contributed by atoms with Crippen molar-refractivity contribution in [1.29, 1.82) is 0 Å². The van der Waals surface area contributed by atoms with Gasteiger partial charge in [0, 0.05) is 19.6 Å². The summed E-state index contributed by atoms with van der Waals surface area (Å²) in [6.07, 6.45) is 2.26. The molecule has 0 saturated carbocycles. The van der Waals surface area contributed by atoms with Crippen molar-refractivity contribution in [1.82, 2.24) is 4.90 Å². The van der Waals surface area contributed by atoms with Gasteiger partial charge in [-0.15, -0.1) is 12.4 Å². The summed E-state index contributed by atoms with van der Waals surface area (Å²) in [7, 11) is 1.38. The number of likely N-dealkylation sites (tertiary alicyclic amines) is 1. The summed E-state index contributed by atoms with van der Waals surface area (Å²) in [6, 6.07) is 15.1. The van der Waals surface area contributed by atoms with Crippen LogP contribution in [-0.2, 0) is 22.4 Å². The summed E-state index contributed by atoms with van der Waals surface area (Å²) >= 11 is 0. The number of carbonyl (C=O) groups excluding carboxylic acids is 2. The van der Waals surface area contributed by atoms with Gasteiger partial charge >= 0.3 is 5.97 Å². The molecule has 0 spiro atoms. The predicted molar refractivity (Wildman–Crippen MR) is 118 cm³/mol. The van der Waals surface area contributed by atoms with Crippen molar-refractivity contribution in [3.63, 3.8) is 0 Å². The van der Waals surface area contributed by atoms with E-state index >= 15 is 0 Å². The Morgan fingerprint density at radius 2 is 1.90 bits per heavy atom. The maximum Gasteiger partial charge on any atom is 0.337 e. The number of hydrogen-bond acceptors (Lipinski definition) is 5. The number of ether oxygens (including phenoxy) is 2. The van der Waals surface area contributed by atoms with Crippen LogP contribution in [-0.4, -0.2) is 50.1 Å². The zero-order chi connectivity index (χ0) is 20.6. The first-order valence-corrected chi connectivity index (χ1v) is 9.96. The largest absolute Gasteiger partial charge is 0.492 e. The van der Waals surface area contributed by atoms with Gasteiger partial charge in [0.1, 0.15) is 12.4 Å². The van der Waals surface area contributed by atoms with Gasteiger partial charge in [0.2, 0.25) is 5.91 Å². The minimum atomic E-state index is -0.327. The number of nitrogens with zero attached hydrogens (tertiary/aromatic N) is 1. The van der Waals surface area contributed by atoms with Gasteiger partial charge in [-0.1, -0.05) is 24.3 Å². The Bertz CT molecular complexity index is 841. The molecule has 2 N–H and O–H groups in total. The molecular formula is C23H29ClN2O4. The maximum absolute atomic E-state index is 12.7. The Morgan fingerprint density at radius 1 is 1.13 bits per heavy atom. The maximum atomic E-state index is 12.7. The molecule has 6 nitrogen and oxygen atoms in total. The van der Waals surface area contributed by atoms with Gasteiger partial charge in [0.15, 0.2) is 0 Å². The number of methoxy groups -OCH3 is 1. The lowest BCUT2D eigenvalue weighted by atomic mass is 9.98. The molecule has 30 heavy (non-hydrogen) atoms. The van der Waals surface area contributed by atoms with Crippen LogP contribution in [0.25, 0.3) is 0 Å². The highest BCUT2D eigenvalue weighted by Gasteiger charge is 2.26. The van der Waals surface area contributed by atoms with E-state index in [1.54, 1.807) is 12.1 Å². The van der Waals surface area contributed by atoms with Crippen LogP contribution < -0.4 is 10.5 Å². The third kappa shape index (κ3) is 6.47. The highest BCUT2D eigenvalue weighted by atomic mass is 35.5. The number of nitrogens with two attached hydrogens (primary N) is 1. The molecule has 3 rings (SSSR count). The molecule has 0 bridgehead atoms. The standard InChI is InChI=1S/C23H28N2O4.ClH/c1-28-23(27)20-7-5-17(6-8-20)13-19-9-11-25(16-19)22(26)15-18-3-2-4-21(14-18)29-12-10-24;/h2-8,14,19H,9-13,15-16,24H2,1H3;1H. The van der Waals surface area contributed by atoms with Gasteiger partial charge in [-0.3, -0.25) is 4.79 Å². The minimum Gasteiger partial charge on any atom is -0.492 e. The van der Waals surface area contributed by atoms with Crippen LogP contribution in [0.15, 0.2) is 48.5 Å². The van der Waals surface area contributed by atoms with Crippen LogP contribution in [0.5, 0.6) is 5.75 Å². The van der Waals surface area contributed by atoms with Gasteiger partial charge < -0.3 is 20.1 Å². The zero-order valence-corrected chi connectivity index (χ0v) is 18.0. The average Bonchev–Trinajstić information content (AvgIpc) is 3.21. The second-order valence-corrected chi connectivity index (χ2v) is 7.35. The second-order valence-electron chi connectivity index (χ2n) is 7.35. The second kappa shape index (κ2) is 11.6. The predicted octanol–water partition coefficient (Wildman–Crippen LogP) is 2.87. The van der Waals surface area contributed by atoms with E-state index in [1.807, 2.05) is 41.3 Å². The summed E-state index contributed by atoms with van der Waals surface area (Å²) in [6.45, 7) is 2.48. The number of esters is 1. The van der Waals surface area contributed by atoms with Crippen LogP contribution in [0.1, 0.15) is 27.9 Å². The van der Waals surface area contributed by atoms with Crippen molar-refractivity contribution in [2.24, 2.45) is 11.7 Å². The molecule has 1 amide bonds. The van der Waals surface area contributed by atoms with Gasteiger partial charge in [-0.2, -0.15) is 0 Å². The van der Waals surface area contributed by atoms with E-state index in [0.29, 0.717) is 31.1 Å². The van der Waals surface area contributed by atoms with Crippen molar-refractivity contribution in [3.05, 3.63) is 65.2 Å². The first-order valence-electron chi connectivity index (χ1n) is 9.96. The third-order valence-electron chi connectivity index (χ3n) is 5.18. The highest BCUT2D eigenvalue weighted by Crippen LogP contribution is 2.23. The first kappa shape index (κ1) is 23.7. The SMILES string of the molecule is COC(=O)c1ccc(CC2CCN(C(=O)Cc3cccc(OCCN)c3)C2)cc1.Cl. The molecule has 1 unspecified atom stereocenters. The molecule has 1 atom stereocenters. The Labute approximate surface area is 183 Å². The van der Waals surface area contributed by atoms with Gasteiger partial charge in [-0.05, 0) is 54.2 Å². The molecule has 0 aliphatic carbocycles. The number of carbonyl (C=O) groups is 2. The minimum absolute atomic E-state index is 0. The van der Waals surface area contributed by atoms with Crippen molar-refractivity contribution >= 4 is 24.3 Å². The molecule has 1 fully saturated rings. The van der Waals surface area contributed by atoms with Crippen LogP contribution in [0.4, 0.5) is 0 Å². The molecule has 1 heterocycles. The van der Waals surface area contributed by atoms with E-state index in [9.17, 15) is 9.59 Å².